The van der Waals surface area contributed by atoms with Crippen LogP contribution in [-0.2, 0) is 9.53 Å². The number of carboxylic acids is 1. The van der Waals surface area contributed by atoms with Crippen molar-refractivity contribution in [2.24, 2.45) is 0 Å². The molecular weight excluding hydrogens is 258 g/mol. The first-order valence-electron chi connectivity index (χ1n) is 6.78. The molecule has 108 valence electrons. The van der Waals surface area contributed by atoms with Gasteiger partial charge in [0.2, 0.25) is 5.95 Å². The lowest BCUT2D eigenvalue weighted by atomic mass is 10.1. The Morgan fingerprint density at radius 3 is 2.95 bits per heavy atom. The summed E-state index contributed by atoms with van der Waals surface area (Å²) in [6.07, 6.45) is 8.19. The first kappa shape index (κ1) is 14.5. The number of ether oxygens (including phenoxy) is 1. The van der Waals surface area contributed by atoms with Gasteiger partial charge < -0.3 is 14.7 Å². The third-order valence-corrected chi connectivity index (χ3v) is 3.14. The predicted octanol–water partition coefficient (Wildman–Crippen LogP) is 1.58. The summed E-state index contributed by atoms with van der Waals surface area (Å²) in [7, 11) is 0. The van der Waals surface area contributed by atoms with E-state index < -0.39 is 5.97 Å². The van der Waals surface area contributed by atoms with Crippen molar-refractivity contribution in [3.8, 4) is 0 Å². The van der Waals surface area contributed by atoms with Crippen LogP contribution in [0.15, 0.2) is 18.5 Å². The molecule has 2 heterocycles. The number of aromatic nitrogens is 2. The molecule has 0 bridgehead atoms. The van der Waals surface area contributed by atoms with Crippen LogP contribution in [0.2, 0.25) is 0 Å². The zero-order valence-corrected chi connectivity index (χ0v) is 11.5. The van der Waals surface area contributed by atoms with Crippen molar-refractivity contribution in [3.05, 3.63) is 24.0 Å². The average Bonchev–Trinajstić information content (AvgIpc) is 2.46. The molecule has 0 radical (unpaired) electrons. The summed E-state index contributed by atoms with van der Waals surface area (Å²) in [5.74, 6) is -0.313. The maximum absolute atomic E-state index is 10.4. The van der Waals surface area contributed by atoms with Crippen molar-refractivity contribution in [1.29, 1.82) is 0 Å². The molecule has 0 saturated carbocycles. The van der Waals surface area contributed by atoms with Crippen molar-refractivity contribution in [2.45, 2.75) is 25.9 Å². The van der Waals surface area contributed by atoms with Crippen LogP contribution in [0, 0.1) is 0 Å². The van der Waals surface area contributed by atoms with Gasteiger partial charge in [-0.05, 0) is 25.8 Å². The Hall–Kier alpha value is -1.95. The van der Waals surface area contributed by atoms with Gasteiger partial charge in [0.15, 0.2) is 0 Å². The number of nitrogens with zero attached hydrogens (tertiary/aromatic N) is 3. The van der Waals surface area contributed by atoms with E-state index in [9.17, 15) is 4.79 Å². The third kappa shape index (κ3) is 4.03. The number of carboxylic acid groups (broad SMARTS) is 1. The SMILES string of the molecule is CCOC1CCCN(c2ncc(/C=C/C(=O)O)cn2)C1. The number of hydrogen-bond acceptors (Lipinski definition) is 5. The van der Waals surface area contributed by atoms with Gasteiger partial charge in [-0.1, -0.05) is 0 Å². The molecule has 0 spiro atoms. The van der Waals surface area contributed by atoms with Crippen LogP contribution < -0.4 is 4.90 Å². The molecule has 1 saturated heterocycles. The van der Waals surface area contributed by atoms with Crippen LogP contribution in [0.3, 0.4) is 0 Å². The van der Waals surface area contributed by atoms with Gasteiger partial charge in [0.25, 0.3) is 0 Å². The van der Waals surface area contributed by atoms with Crippen LogP contribution in [0.25, 0.3) is 6.08 Å². The fourth-order valence-electron chi connectivity index (χ4n) is 2.24. The predicted molar refractivity (Wildman–Crippen MR) is 75.6 cm³/mol. The summed E-state index contributed by atoms with van der Waals surface area (Å²) in [6.45, 7) is 4.45. The molecule has 0 amide bonds. The van der Waals surface area contributed by atoms with Crippen LogP contribution in [0.5, 0.6) is 0 Å². The Morgan fingerprint density at radius 1 is 1.55 bits per heavy atom. The molecule has 6 heteroatoms. The fourth-order valence-corrected chi connectivity index (χ4v) is 2.24. The van der Waals surface area contributed by atoms with E-state index in [4.69, 9.17) is 9.84 Å². The summed E-state index contributed by atoms with van der Waals surface area (Å²) in [6, 6.07) is 0. The molecule has 1 aromatic rings. The zero-order valence-electron chi connectivity index (χ0n) is 11.5. The number of hydrogen-bond donors (Lipinski definition) is 1. The van der Waals surface area contributed by atoms with Gasteiger partial charge in [0.05, 0.1) is 6.10 Å². The van der Waals surface area contributed by atoms with E-state index in [1.54, 1.807) is 12.4 Å². The fraction of sp³-hybridized carbons (Fsp3) is 0.500. The van der Waals surface area contributed by atoms with E-state index in [0.717, 1.165) is 38.6 Å². The molecule has 6 nitrogen and oxygen atoms in total. The Bertz CT molecular complexity index is 471. The molecule has 1 aliphatic heterocycles. The van der Waals surface area contributed by atoms with Gasteiger partial charge in [-0.3, -0.25) is 0 Å². The lowest BCUT2D eigenvalue weighted by Gasteiger charge is -2.32. The third-order valence-electron chi connectivity index (χ3n) is 3.14. The van der Waals surface area contributed by atoms with Crippen molar-refractivity contribution in [3.63, 3.8) is 0 Å². The molecule has 0 aromatic carbocycles. The van der Waals surface area contributed by atoms with Gasteiger partial charge in [0.1, 0.15) is 0 Å². The smallest absolute Gasteiger partial charge is 0.328 e. The van der Waals surface area contributed by atoms with Crippen molar-refractivity contribution >= 4 is 18.0 Å². The quantitative estimate of drug-likeness (QED) is 0.824. The number of anilines is 1. The number of carbonyl (C=O) groups is 1. The minimum Gasteiger partial charge on any atom is -0.478 e. The molecule has 2 rings (SSSR count). The Morgan fingerprint density at radius 2 is 2.30 bits per heavy atom. The molecule has 20 heavy (non-hydrogen) atoms. The van der Waals surface area contributed by atoms with Crippen LogP contribution >= 0.6 is 0 Å². The van der Waals surface area contributed by atoms with Crippen molar-refractivity contribution < 1.29 is 14.6 Å². The minimum atomic E-state index is -0.982. The van der Waals surface area contributed by atoms with Gasteiger partial charge in [-0.25, -0.2) is 14.8 Å². The van der Waals surface area contributed by atoms with Gasteiger partial charge >= 0.3 is 5.97 Å². The van der Waals surface area contributed by atoms with Crippen LogP contribution in [0.1, 0.15) is 25.3 Å². The van der Waals surface area contributed by atoms with E-state index in [-0.39, 0.29) is 6.10 Å². The van der Waals surface area contributed by atoms with Crippen LogP contribution in [0.4, 0.5) is 5.95 Å². The summed E-state index contributed by atoms with van der Waals surface area (Å²) < 4.78 is 5.65. The molecule has 1 aromatic heterocycles. The highest BCUT2D eigenvalue weighted by Gasteiger charge is 2.21. The molecule has 1 aliphatic rings. The van der Waals surface area contributed by atoms with Crippen LogP contribution in [-0.4, -0.2) is 46.8 Å². The maximum atomic E-state index is 10.4. The zero-order chi connectivity index (χ0) is 14.4. The van der Waals surface area contributed by atoms with Gasteiger partial charge in [-0.2, -0.15) is 0 Å². The van der Waals surface area contributed by atoms with E-state index in [1.807, 2.05) is 6.92 Å². The molecule has 1 atom stereocenters. The van der Waals surface area contributed by atoms with Gasteiger partial charge in [-0.15, -0.1) is 0 Å². The highest BCUT2D eigenvalue weighted by Crippen LogP contribution is 2.17. The average molecular weight is 277 g/mol. The Labute approximate surface area is 118 Å². The highest BCUT2D eigenvalue weighted by molar-refractivity contribution is 5.85. The normalized spacial score (nSPS) is 19.4. The minimum absolute atomic E-state index is 0.240. The monoisotopic (exact) mass is 277 g/mol. The second kappa shape index (κ2) is 7.00. The summed E-state index contributed by atoms with van der Waals surface area (Å²) in [4.78, 5) is 21.1. The standard InChI is InChI=1S/C14H19N3O3/c1-2-20-12-4-3-7-17(10-12)14-15-8-11(9-16-14)5-6-13(18)19/h5-6,8-9,12H,2-4,7,10H2,1H3,(H,18,19)/b6-5+. The highest BCUT2D eigenvalue weighted by atomic mass is 16.5. The van der Waals surface area contributed by atoms with E-state index in [2.05, 4.69) is 14.9 Å². The molecule has 0 aliphatic carbocycles. The number of aliphatic carboxylic acids is 1. The number of piperidine rings is 1. The second-order valence-electron chi connectivity index (χ2n) is 4.65. The van der Waals surface area contributed by atoms with Gasteiger partial charge in [0, 0.05) is 43.7 Å². The first-order valence-corrected chi connectivity index (χ1v) is 6.78. The Kier molecular flexibility index (Phi) is 5.06. The molecule has 1 N–H and O–H groups in total. The van der Waals surface area contributed by atoms with Crippen molar-refractivity contribution in [1.82, 2.24) is 9.97 Å². The lowest BCUT2D eigenvalue weighted by Crippen LogP contribution is -2.40. The van der Waals surface area contributed by atoms with E-state index in [0.29, 0.717) is 11.5 Å². The molecule has 1 fully saturated rings. The molecule has 1 unspecified atom stereocenters. The summed E-state index contributed by atoms with van der Waals surface area (Å²) in [5.41, 5.74) is 0.675. The Balaban J connectivity index is 2.00. The lowest BCUT2D eigenvalue weighted by molar-refractivity contribution is -0.131. The van der Waals surface area contributed by atoms with E-state index >= 15 is 0 Å². The largest absolute Gasteiger partial charge is 0.478 e. The van der Waals surface area contributed by atoms with E-state index in [1.165, 1.54) is 6.08 Å². The topological polar surface area (TPSA) is 75.5 Å². The summed E-state index contributed by atoms with van der Waals surface area (Å²) in [5, 5.41) is 8.56. The van der Waals surface area contributed by atoms with Crippen molar-refractivity contribution in [2.75, 3.05) is 24.6 Å². The first-order chi connectivity index (χ1) is 9.69. The second-order valence-corrected chi connectivity index (χ2v) is 4.65. The molecular formula is C14H19N3O3. The maximum Gasteiger partial charge on any atom is 0.328 e. The number of rotatable bonds is 5. The summed E-state index contributed by atoms with van der Waals surface area (Å²) >= 11 is 0.